The fraction of sp³-hybridized carbons (Fsp3) is 0.294. The molecule has 7 heteroatoms. The highest BCUT2D eigenvalue weighted by molar-refractivity contribution is 6.02. The molecule has 2 amide bonds. The van der Waals surface area contributed by atoms with Gasteiger partial charge < -0.3 is 19.5 Å². The molecule has 1 N–H and O–H groups in total. The number of nitrogens with one attached hydrogen (secondary N) is 1. The highest BCUT2D eigenvalue weighted by Crippen LogP contribution is 2.21. The molecule has 2 heterocycles. The Morgan fingerprint density at radius 1 is 1.25 bits per heavy atom. The normalized spacial score (nSPS) is 14.6. The predicted molar refractivity (Wildman–Crippen MR) is 88.2 cm³/mol. The summed E-state index contributed by atoms with van der Waals surface area (Å²) in [6.07, 6.45) is 1.82. The van der Waals surface area contributed by atoms with E-state index in [1.54, 1.807) is 23.1 Å². The maximum atomic E-state index is 12.8. The number of ether oxygens (including phenoxy) is 1. The number of morpholine rings is 1. The van der Waals surface area contributed by atoms with E-state index < -0.39 is 11.7 Å². The topological polar surface area (TPSA) is 63.6 Å². The molecular weight excluding hydrogens is 313 g/mol. The van der Waals surface area contributed by atoms with Gasteiger partial charge in [0.2, 0.25) is 5.91 Å². The number of fused-ring (bicyclic) bond motifs is 1. The summed E-state index contributed by atoms with van der Waals surface area (Å²) in [6, 6.07) is 7.03. The number of nitrogens with zero attached hydrogens (tertiary/aromatic N) is 2. The third-order valence-corrected chi connectivity index (χ3v) is 3.94. The first kappa shape index (κ1) is 16.2. The lowest BCUT2D eigenvalue weighted by atomic mass is 10.2. The van der Waals surface area contributed by atoms with Crippen molar-refractivity contribution in [3.63, 3.8) is 0 Å². The van der Waals surface area contributed by atoms with Crippen molar-refractivity contribution in [2.45, 2.75) is 6.54 Å². The second-order valence-electron chi connectivity index (χ2n) is 5.57. The number of benzene rings is 1. The molecule has 1 aliphatic heterocycles. The van der Waals surface area contributed by atoms with Gasteiger partial charge in [0.1, 0.15) is 6.54 Å². The summed E-state index contributed by atoms with van der Waals surface area (Å²) in [5.74, 6) is -1.86. The molecule has 0 unspecified atom stereocenters. The summed E-state index contributed by atoms with van der Waals surface area (Å²) < 4.78 is 19.9. The third-order valence-electron chi connectivity index (χ3n) is 3.94. The smallest absolute Gasteiger partial charge is 0.283 e. The fourth-order valence-electron chi connectivity index (χ4n) is 2.67. The van der Waals surface area contributed by atoms with Gasteiger partial charge in [-0.3, -0.25) is 9.59 Å². The van der Waals surface area contributed by atoms with Crippen molar-refractivity contribution in [3.05, 3.63) is 42.9 Å². The van der Waals surface area contributed by atoms with Crippen LogP contribution in [0.15, 0.2) is 42.9 Å². The first-order valence-electron chi connectivity index (χ1n) is 7.65. The summed E-state index contributed by atoms with van der Waals surface area (Å²) >= 11 is 0. The molecule has 0 spiro atoms. The van der Waals surface area contributed by atoms with Gasteiger partial charge in [-0.25, -0.2) is 4.39 Å². The van der Waals surface area contributed by atoms with Crippen molar-refractivity contribution >= 4 is 28.4 Å². The zero-order valence-electron chi connectivity index (χ0n) is 13.1. The van der Waals surface area contributed by atoms with E-state index in [0.717, 1.165) is 10.9 Å². The van der Waals surface area contributed by atoms with E-state index in [2.05, 4.69) is 11.9 Å². The minimum absolute atomic E-state index is 0.0434. The van der Waals surface area contributed by atoms with Gasteiger partial charge in [0.25, 0.3) is 5.91 Å². The van der Waals surface area contributed by atoms with Crippen LogP contribution in [0.1, 0.15) is 0 Å². The lowest BCUT2D eigenvalue weighted by Gasteiger charge is -2.27. The van der Waals surface area contributed by atoms with Crippen molar-refractivity contribution in [2.24, 2.45) is 0 Å². The van der Waals surface area contributed by atoms with Crippen molar-refractivity contribution in [2.75, 3.05) is 31.6 Å². The molecule has 0 atom stereocenters. The molecule has 1 saturated heterocycles. The Balaban J connectivity index is 1.74. The number of carbonyl (C=O) groups excluding carboxylic acids is 2. The van der Waals surface area contributed by atoms with Gasteiger partial charge in [-0.15, -0.1) is 0 Å². The van der Waals surface area contributed by atoms with Gasteiger partial charge >= 0.3 is 0 Å². The van der Waals surface area contributed by atoms with E-state index in [4.69, 9.17) is 4.74 Å². The Kier molecular flexibility index (Phi) is 4.61. The molecule has 3 rings (SSSR count). The number of hydrogen-bond donors (Lipinski definition) is 1. The zero-order valence-corrected chi connectivity index (χ0v) is 13.1. The monoisotopic (exact) mass is 331 g/mol. The van der Waals surface area contributed by atoms with Crippen LogP contribution in [0.3, 0.4) is 0 Å². The number of amides is 2. The summed E-state index contributed by atoms with van der Waals surface area (Å²) in [7, 11) is 0. The van der Waals surface area contributed by atoms with Gasteiger partial charge in [-0.05, 0) is 24.3 Å². The lowest BCUT2D eigenvalue weighted by Crippen LogP contribution is -2.42. The van der Waals surface area contributed by atoms with E-state index in [1.807, 2.05) is 16.8 Å². The first-order chi connectivity index (χ1) is 11.5. The third kappa shape index (κ3) is 3.46. The molecule has 1 aromatic carbocycles. The zero-order chi connectivity index (χ0) is 17.1. The quantitative estimate of drug-likeness (QED) is 0.871. The Labute approximate surface area is 138 Å². The molecule has 1 aliphatic rings. The molecular formula is C17H18FN3O3. The van der Waals surface area contributed by atoms with Gasteiger partial charge in [-0.2, -0.15) is 0 Å². The number of anilines is 1. The maximum absolute atomic E-state index is 12.8. The number of rotatable bonds is 4. The largest absolute Gasteiger partial charge is 0.378 e. The minimum Gasteiger partial charge on any atom is -0.378 e. The number of halogens is 1. The van der Waals surface area contributed by atoms with Gasteiger partial charge in [0.05, 0.1) is 13.2 Å². The summed E-state index contributed by atoms with van der Waals surface area (Å²) in [5, 5.41) is 3.28. The second-order valence-corrected chi connectivity index (χ2v) is 5.57. The van der Waals surface area contributed by atoms with Crippen LogP contribution in [-0.2, 0) is 20.9 Å². The second kappa shape index (κ2) is 6.84. The van der Waals surface area contributed by atoms with E-state index in [9.17, 15) is 14.0 Å². The minimum atomic E-state index is -1.04. The Hall–Kier alpha value is -2.67. The van der Waals surface area contributed by atoms with Crippen molar-refractivity contribution in [1.82, 2.24) is 9.47 Å². The van der Waals surface area contributed by atoms with Gasteiger partial charge in [-0.1, -0.05) is 6.58 Å². The summed E-state index contributed by atoms with van der Waals surface area (Å²) in [5.41, 5.74) is 1.34. The van der Waals surface area contributed by atoms with Gasteiger partial charge in [0.15, 0.2) is 5.83 Å². The highest BCUT2D eigenvalue weighted by atomic mass is 19.1. The Bertz CT molecular complexity index is 793. The highest BCUT2D eigenvalue weighted by Gasteiger charge is 2.17. The van der Waals surface area contributed by atoms with Crippen LogP contribution in [0.5, 0.6) is 0 Å². The first-order valence-corrected chi connectivity index (χ1v) is 7.65. The van der Waals surface area contributed by atoms with Crippen LogP contribution < -0.4 is 5.32 Å². The predicted octanol–water partition coefficient (Wildman–Crippen LogP) is 1.92. The van der Waals surface area contributed by atoms with E-state index in [1.165, 1.54) is 0 Å². The molecule has 1 aromatic heterocycles. The van der Waals surface area contributed by atoms with Crippen LogP contribution in [0, 0.1) is 0 Å². The van der Waals surface area contributed by atoms with Crippen molar-refractivity contribution in [3.8, 4) is 0 Å². The maximum Gasteiger partial charge on any atom is 0.283 e. The SMILES string of the molecule is C=C(F)C(=O)Nc1ccc2c(ccn2CC(=O)N2CCOCC2)c1. The molecule has 0 aliphatic carbocycles. The number of aromatic nitrogens is 1. The van der Waals surface area contributed by atoms with Crippen LogP contribution >= 0.6 is 0 Å². The molecule has 126 valence electrons. The molecule has 24 heavy (non-hydrogen) atoms. The van der Waals surface area contributed by atoms with E-state index >= 15 is 0 Å². The molecule has 6 nitrogen and oxygen atoms in total. The number of hydrogen-bond acceptors (Lipinski definition) is 3. The standard InChI is InChI=1S/C17H18FN3O3/c1-12(18)17(23)19-14-2-3-15-13(10-14)4-5-21(15)11-16(22)20-6-8-24-9-7-20/h2-5,10H,1,6-9,11H2,(H,19,23). The van der Waals surface area contributed by atoms with Crippen molar-refractivity contribution < 1.29 is 18.7 Å². The van der Waals surface area contributed by atoms with Crippen LogP contribution in [-0.4, -0.2) is 47.6 Å². The average Bonchev–Trinajstić information content (AvgIpc) is 2.97. The Morgan fingerprint density at radius 3 is 2.71 bits per heavy atom. The fourth-order valence-corrected chi connectivity index (χ4v) is 2.67. The molecule has 2 aromatic rings. The van der Waals surface area contributed by atoms with E-state index in [-0.39, 0.29) is 12.5 Å². The van der Waals surface area contributed by atoms with Gasteiger partial charge in [0, 0.05) is 35.9 Å². The molecule has 0 bridgehead atoms. The molecule has 0 saturated carbocycles. The average molecular weight is 331 g/mol. The summed E-state index contributed by atoms with van der Waals surface area (Å²) in [4.78, 5) is 25.4. The lowest BCUT2D eigenvalue weighted by molar-refractivity contribution is -0.135. The van der Waals surface area contributed by atoms with Crippen LogP contribution in [0.4, 0.5) is 10.1 Å². The molecule has 1 fully saturated rings. The number of carbonyl (C=O) groups is 2. The Morgan fingerprint density at radius 2 is 2.00 bits per heavy atom. The van der Waals surface area contributed by atoms with E-state index in [0.29, 0.717) is 32.0 Å². The molecule has 0 radical (unpaired) electrons. The van der Waals surface area contributed by atoms with Crippen molar-refractivity contribution in [1.29, 1.82) is 0 Å². The van der Waals surface area contributed by atoms with Crippen LogP contribution in [0.2, 0.25) is 0 Å². The van der Waals surface area contributed by atoms with Crippen LogP contribution in [0.25, 0.3) is 10.9 Å². The summed E-state index contributed by atoms with van der Waals surface area (Å²) in [6.45, 7) is 5.57.